The molecule has 2 aromatic heterocycles. The van der Waals surface area contributed by atoms with Crippen molar-refractivity contribution >= 4 is 16.9 Å². The zero-order chi connectivity index (χ0) is 15.7. The van der Waals surface area contributed by atoms with E-state index in [1.165, 1.54) is 4.68 Å². The summed E-state index contributed by atoms with van der Waals surface area (Å²) in [5.74, 6) is -1.22. The lowest BCUT2D eigenvalue weighted by molar-refractivity contribution is 0.0649. The molecule has 0 spiro atoms. The van der Waals surface area contributed by atoms with E-state index in [2.05, 4.69) is 17.2 Å². The van der Waals surface area contributed by atoms with Crippen LogP contribution in [-0.2, 0) is 6.42 Å². The number of para-hydroxylation sites is 1. The van der Waals surface area contributed by atoms with Crippen LogP contribution >= 0.6 is 0 Å². The number of fused-ring (bicyclic) bond motifs is 1. The third-order valence-corrected chi connectivity index (χ3v) is 3.58. The fraction of sp³-hybridized carbons (Fsp3) is 0.267. The molecule has 0 fully saturated rings. The summed E-state index contributed by atoms with van der Waals surface area (Å²) in [6.45, 7) is 2.09. The van der Waals surface area contributed by atoms with Crippen molar-refractivity contribution in [3.05, 3.63) is 41.9 Å². The summed E-state index contributed by atoms with van der Waals surface area (Å²) in [5, 5.41) is 28.2. The number of carboxylic acids is 1. The average Bonchev–Trinajstić information content (AvgIpc) is 3.08. The van der Waals surface area contributed by atoms with Gasteiger partial charge in [0.05, 0.1) is 17.4 Å². The summed E-state index contributed by atoms with van der Waals surface area (Å²) < 4.78 is 2.10. The molecule has 0 aliphatic heterocycles. The summed E-state index contributed by atoms with van der Waals surface area (Å²) in [5.41, 5.74) is 1.31. The van der Waals surface area contributed by atoms with Gasteiger partial charge in [-0.3, -0.25) is 0 Å². The minimum Gasteiger partial charge on any atom is -0.476 e. The molecule has 7 heteroatoms. The van der Waals surface area contributed by atoms with Crippen LogP contribution in [0.25, 0.3) is 16.6 Å². The minimum atomic E-state index is -1.22. The second kappa shape index (κ2) is 5.51. The Morgan fingerprint density at radius 3 is 2.82 bits per heavy atom. The van der Waals surface area contributed by atoms with E-state index in [9.17, 15) is 15.1 Å². The average molecular weight is 300 g/mol. The van der Waals surface area contributed by atoms with Crippen molar-refractivity contribution in [2.75, 3.05) is 0 Å². The van der Waals surface area contributed by atoms with Crippen molar-refractivity contribution < 1.29 is 15.1 Å². The molecule has 0 atom stereocenters. The van der Waals surface area contributed by atoms with Gasteiger partial charge in [0, 0.05) is 5.39 Å². The number of benzene rings is 1. The van der Waals surface area contributed by atoms with Gasteiger partial charge in [0.15, 0.2) is 5.69 Å². The lowest BCUT2D eigenvalue weighted by atomic mass is 10.2. The van der Waals surface area contributed by atoms with Gasteiger partial charge in [0.1, 0.15) is 5.69 Å². The van der Waals surface area contributed by atoms with Crippen LogP contribution in [0.2, 0.25) is 0 Å². The number of rotatable bonds is 5. The van der Waals surface area contributed by atoms with Crippen LogP contribution in [0.3, 0.4) is 0 Å². The molecule has 0 amide bonds. The standard InChI is InChI=1S/C15H16N4O3/c1-2-3-6-10-9-18(17-16-10)13-11-7-4-5-8-12(11)19(22)14(13)15(20)21/h4-5,7-9,22H,2-3,6H2,1H3,(H,20,21). The number of aromatic nitrogens is 4. The first-order valence-corrected chi connectivity index (χ1v) is 7.11. The summed E-state index contributed by atoms with van der Waals surface area (Å²) >= 11 is 0. The number of carbonyl (C=O) groups is 1. The van der Waals surface area contributed by atoms with Gasteiger partial charge in [-0.05, 0) is 18.9 Å². The molecule has 0 aliphatic rings. The molecule has 0 bridgehead atoms. The van der Waals surface area contributed by atoms with Crippen LogP contribution in [-0.4, -0.2) is 36.0 Å². The van der Waals surface area contributed by atoms with E-state index in [0.717, 1.165) is 25.0 Å². The Labute approximate surface area is 126 Å². The van der Waals surface area contributed by atoms with Gasteiger partial charge in [-0.15, -0.1) is 5.10 Å². The Morgan fingerprint density at radius 1 is 1.32 bits per heavy atom. The maximum Gasteiger partial charge on any atom is 0.358 e. The fourth-order valence-corrected chi connectivity index (χ4v) is 2.51. The van der Waals surface area contributed by atoms with Gasteiger partial charge in [0.2, 0.25) is 0 Å². The number of hydrogen-bond donors (Lipinski definition) is 2. The number of nitrogens with zero attached hydrogens (tertiary/aromatic N) is 4. The molecule has 0 aliphatic carbocycles. The first-order chi connectivity index (χ1) is 10.6. The molecular weight excluding hydrogens is 284 g/mol. The number of hydrogen-bond acceptors (Lipinski definition) is 4. The van der Waals surface area contributed by atoms with E-state index in [1.807, 2.05) is 0 Å². The zero-order valence-corrected chi connectivity index (χ0v) is 12.1. The van der Waals surface area contributed by atoms with Crippen LogP contribution in [0, 0.1) is 0 Å². The molecule has 22 heavy (non-hydrogen) atoms. The maximum atomic E-state index is 11.5. The highest BCUT2D eigenvalue weighted by atomic mass is 16.5. The van der Waals surface area contributed by atoms with Crippen molar-refractivity contribution in [1.29, 1.82) is 0 Å². The predicted octanol–water partition coefficient (Wildman–Crippen LogP) is 2.50. The van der Waals surface area contributed by atoms with E-state index in [1.54, 1.807) is 30.5 Å². The molecule has 114 valence electrons. The largest absolute Gasteiger partial charge is 0.476 e. The molecule has 0 unspecified atom stereocenters. The molecule has 0 saturated heterocycles. The van der Waals surface area contributed by atoms with Gasteiger partial charge in [-0.1, -0.05) is 36.8 Å². The summed E-state index contributed by atoms with van der Waals surface area (Å²) in [4.78, 5) is 11.5. The molecule has 2 heterocycles. The quantitative estimate of drug-likeness (QED) is 0.706. The number of aromatic carboxylic acids is 1. The molecule has 2 N–H and O–H groups in total. The Hall–Kier alpha value is -2.83. The Morgan fingerprint density at radius 2 is 2.09 bits per heavy atom. The third kappa shape index (κ3) is 2.20. The van der Waals surface area contributed by atoms with E-state index >= 15 is 0 Å². The number of aryl methyl sites for hydroxylation is 1. The second-order valence-electron chi connectivity index (χ2n) is 5.09. The van der Waals surface area contributed by atoms with Crippen LogP contribution in [0.5, 0.6) is 0 Å². The fourth-order valence-electron chi connectivity index (χ4n) is 2.51. The molecule has 0 saturated carbocycles. The molecular formula is C15H16N4O3. The normalized spacial score (nSPS) is 11.1. The smallest absolute Gasteiger partial charge is 0.358 e. The van der Waals surface area contributed by atoms with Crippen LogP contribution in [0.15, 0.2) is 30.5 Å². The monoisotopic (exact) mass is 300 g/mol. The molecule has 7 nitrogen and oxygen atoms in total. The van der Waals surface area contributed by atoms with Gasteiger partial charge in [-0.25, -0.2) is 9.48 Å². The number of unbranched alkanes of at least 4 members (excludes halogenated alkanes) is 1. The highest BCUT2D eigenvalue weighted by Crippen LogP contribution is 2.28. The zero-order valence-electron chi connectivity index (χ0n) is 12.1. The molecule has 3 rings (SSSR count). The molecule has 3 aromatic rings. The van der Waals surface area contributed by atoms with Gasteiger partial charge >= 0.3 is 5.97 Å². The van der Waals surface area contributed by atoms with Crippen molar-refractivity contribution in [3.63, 3.8) is 0 Å². The van der Waals surface area contributed by atoms with Crippen molar-refractivity contribution in [3.8, 4) is 5.69 Å². The van der Waals surface area contributed by atoms with Crippen LogP contribution in [0.4, 0.5) is 0 Å². The van der Waals surface area contributed by atoms with Gasteiger partial charge in [-0.2, -0.15) is 4.73 Å². The predicted molar refractivity (Wildman–Crippen MR) is 79.6 cm³/mol. The topological polar surface area (TPSA) is 93.2 Å². The van der Waals surface area contributed by atoms with Crippen molar-refractivity contribution in [2.24, 2.45) is 0 Å². The van der Waals surface area contributed by atoms with Gasteiger partial charge in [0.25, 0.3) is 0 Å². The molecule has 1 aromatic carbocycles. The number of carboxylic acid groups (broad SMARTS) is 1. The van der Waals surface area contributed by atoms with E-state index in [0.29, 0.717) is 21.3 Å². The second-order valence-corrected chi connectivity index (χ2v) is 5.09. The Kier molecular flexibility index (Phi) is 3.54. The van der Waals surface area contributed by atoms with E-state index in [-0.39, 0.29) is 5.69 Å². The van der Waals surface area contributed by atoms with E-state index < -0.39 is 5.97 Å². The Balaban J connectivity index is 2.19. The summed E-state index contributed by atoms with van der Waals surface area (Å²) in [6, 6.07) is 6.92. The molecule has 0 radical (unpaired) electrons. The first-order valence-electron chi connectivity index (χ1n) is 7.11. The third-order valence-electron chi connectivity index (χ3n) is 3.58. The lowest BCUT2D eigenvalue weighted by Gasteiger charge is -2.01. The maximum absolute atomic E-state index is 11.5. The van der Waals surface area contributed by atoms with E-state index in [4.69, 9.17) is 0 Å². The minimum absolute atomic E-state index is 0.229. The van der Waals surface area contributed by atoms with Crippen LogP contribution in [0.1, 0.15) is 35.9 Å². The highest BCUT2D eigenvalue weighted by molar-refractivity contribution is 6.02. The van der Waals surface area contributed by atoms with Crippen molar-refractivity contribution in [2.45, 2.75) is 26.2 Å². The van der Waals surface area contributed by atoms with Crippen LogP contribution < -0.4 is 0 Å². The summed E-state index contributed by atoms with van der Waals surface area (Å²) in [6.07, 6.45) is 4.54. The Bertz CT molecular complexity index is 835. The summed E-state index contributed by atoms with van der Waals surface area (Å²) in [7, 11) is 0. The van der Waals surface area contributed by atoms with Gasteiger partial charge < -0.3 is 10.3 Å². The first kappa shape index (κ1) is 14.1. The highest BCUT2D eigenvalue weighted by Gasteiger charge is 2.24. The SMILES string of the molecule is CCCCc1cn(-c2c(C(=O)O)n(O)c3ccccc23)nn1. The lowest BCUT2D eigenvalue weighted by Crippen LogP contribution is -2.09. The van der Waals surface area contributed by atoms with Crippen molar-refractivity contribution in [1.82, 2.24) is 19.7 Å².